The number of aryl methyl sites for hydroxylation is 1. The van der Waals surface area contributed by atoms with Gasteiger partial charge in [0.15, 0.2) is 0 Å². The number of nitrogens with one attached hydrogen (secondary N) is 1. The van der Waals surface area contributed by atoms with Gasteiger partial charge >= 0.3 is 0 Å². The molecule has 0 aromatic heterocycles. The van der Waals surface area contributed by atoms with Crippen LogP contribution in [0.15, 0.2) is 36.4 Å². The maximum Gasteiger partial charge on any atom is 0.271 e. The van der Waals surface area contributed by atoms with Gasteiger partial charge in [0.25, 0.3) is 5.69 Å². The molecule has 0 heterocycles. The van der Waals surface area contributed by atoms with Crippen LogP contribution in [0.2, 0.25) is 0 Å². The van der Waals surface area contributed by atoms with E-state index in [1.165, 1.54) is 24.3 Å². The first-order valence-corrected chi connectivity index (χ1v) is 6.50. The first-order valence-electron chi connectivity index (χ1n) is 6.50. The molecule has 2 aromatic rings. The zero-order valence-electron chi connectivity index (χ0n) is 11.6. The van der Waals surface area contributed by atoms with Crippen LogP contribution in [0.25, 0.3) is 0 Å². The minimum atomic E-state index is -0.484. The normalized spacial score (nSPS) is 10.4. The van der Waals surface area contributed by atoms with E-state index in [1.54, 1.807) is 12.1 Å². The highest BCUT2D eigenvalue weighted by atomic mass is 19.1. The molecule has 6 heteroatoms. The van der Waals surface area contributed by atoms with Gasteiger partial charge in [0.2, 0.25) is 0 Å². The summed E-state index contributed by atoms with van der Waals surface area (Å²) in [4.78, 5) is 10.1. The number of nitro benzene ring substituents is 1. The quantitative estimate of drug-likeness (QED) is 0.503. The van der Waals surface area contributed by atoms with Crippen LogP contribution >= 0.6 is 0 Å². The number of nitro groups is 1. The van der Waals surface area contributed by atoms with Gasteiger partial charge in [0.05, 0.1) is 16.3 Å². The minimum absolute atomic E-state index is 0.0348. The molecule has 21 heavy (non-hydrogen) atoms. The highest BCUT2D eigenvalue weighted by Gasteiger charge is 2.08. The Kier molecular flexibility index (Phi) is 4.37. The molecule has 2 rings (SSSR count). The molecule has 0 atom stereocenters. The predicted octanol–water partition coefficient (Wildman–Crippen LogP) is 3.28. The van der Waals surface area contributed by atoms with E-state index in [9.17, 15) is 14.5 Å². The van der Waals surface area contributed by atoms with Gasteiger partial charge in [0.1, 0.15) is 5.82 Å². The molecule has 0 aliphatic carbocycles. The highest BCUT2D eigenvalue weighted by Crippen LogP contribution is 2.24. The van der Waals surface area contributed by atoms with E-state index in [-0.39, 0.29) is 11.5 Å². The number of halogens is 1. The Morgan fingerprint density at radius 2 is 2.05 bits per heavy atom. The molecule has 0 spiro atoms. The van der Waals surface area contributed by atoms with Crippen molar-refractivity contribution in [3.8, 4) is 0 Å². The van der Waals surface area contributed by atoms with Gasteiger partial charge in [-0.05, 0) is 42.7 Å². The second-order valence-electron chi connectivity index (χ2n) is 4.78. The van der Waals surface area contributed by atoms with E-state index < -0.39 is 4.92 Å². The van der Waals surface area contributed by atoms with Crippen LogP contribution in [-0.2, 0) is 6.42 Å². The van der Waals surface area contributed by atoms with Gasteiger partial charge in [-0.1, -0.05) is 6.07 Å². The number of non-ortho nitro benzene ring substituents is 1. The molecule has 0 aliphatic heterocycles. The fraction of sp³-hybridized carbons (Fsp3) is 0.200. The average Bonchev–Trinajstić information content (AvgIpc) is 2.42. The number of nitrogens with zero attached hydrogens (tertiary/aromatic N) is 1. The molecule has 110 valence electrons. The van der Waals surface area contributed by atoms with E-state index in [2.05, 4.69) is 5.32 Å². The molecule has 0 radical (unpaired) electrons. The Labute approximate surface area is 121 Å². The second kappa shape index (κ2) is 6.21. The number of hydrogen-bond acceptors (Lipinski definition) is 4. The Hall–Kier alpha value is -2.63. The largest absolute Gasteiger partial charge is 0.397 e. The molecule has 0 unspecified atom stereocenters. The Morgan fingerprint density at radius 3 is 2.67 bits per heavy atom. The molecule has 0 saturated carbocycles. The third-order valence-electron chi connectivity index (χ3n) is 3.26. The van der Waals surface area contributed by atoms with Gasteiger partial charge in [-0.3, -0.25) is 10.1 Å². The molecule has 0 aliphatic rings. The van der Waals surface area contributed by atoms with Gasteiger partial charge in [-0.2, -0.15) is 0 Å². The average molecular weight is 289 g/mol. The van der Waals surface area contributed by atoms with E-state index in [1.807, 2.05) is 6.92 Å². The summed E-state index contributed by atoms with van der Waals surface area (Å²) in [7, 11) is 0. The zero-order valence-corrected chi connectivity index (χ0v) is 11.6. The van der Waals surface area contributed by atoms with Crippen molar-refractivity contribution in [1.82, 2.24) is 0 Å². The van der Waals surface area contributed by atoms with Crippen molar-refractivity contribution >= 4 is 17.1 Å². The molecule has 2 aromatic carbocycles. The van der Waals surface area contributed by atoms with Crippen molar-refractivity contribution in [2.24, 2.45) is 0 Å². The first kappa shape index (κ1) is 14.8. The standard InChI is InChI=1S/C15H16FN3O2/c1-10-8-12(16)3-2-11(10)6-7-18-15-5-4-13(19(20)21)9-14(15)17/h2-5,8-9,18H,6-7,17H2,1H3. The van der Waals surface area contributed by atoms with Crippen molar-refractivity contribution in [1.29, 1.82) is 0 Å². The van der Waals surface area contributed by atoms with Crippen LogP contribution < -0.4 is 11.1 Å². The van der Waals surface area contributed by atoms with Crippen molar-refractivity contribution in [3.05, 3.63) is 63.5 Å². The van der Waals surface area contributed by atoms with Gasteiger partial charge in [0, 0.05) is 18.7 Å². The lowest BCUT2D eigenvalue weighted by atomic mass is 10.1. The van der Waals surface area contributed by atoms with Crippen molar-refractivity contribution in [3.63, 3.8) is 0 Å². The fourth-order valence-corrected chi connectivity index (χ4v) is 2.10. The molecule has 0 saturated heterocycles. The van der Waals surface area contributed by atoms with Crippen molar-refractivity contribution in [2.75, 3.05) is 17.6 Å². The molecule has 0 bridgehead atoms. The van der Waals surface area contributed by atoms with Crippen LogP contribution in [0.3, 0.4) is 0 Å². The van der Waals surface area contributed by atoms with Crippen LogP contribution in [0.4, 0.5) is 21.5 Å². The van der Waals surface area contributed by atoms with E-state index >= 15 is 0 Å². The second-order valence-corrected chi connectivity index (χ2v) is 4.78. The topological polar surface area (TPSA) is 81.2 Å². The summed E-state index contributed by atoms with van der Waals surface area (Å²) in [5.74, 6) is -0.246. The smallest absolute Gasteiger partial charge is 0.271 e. The number of nitrogen functional groups attached to an aromatic ring is 1. The number of anilines is 2. The van der Waals surface area contributed by atoms with E-state index in [4.69, 9.17) is 5.73 Å². The summed E-state index contributed by atoms with van der Waals surface area (Å²) in [5.41, 5.74) is 8.67. The van der Waals surface area contributed by atoms with Crippen molar-refractivity contribution < 1.29 is 9.31 Å². The van der Waals surface area contributed by atoms with Crippen LogP contribution in [0.1, 0.15) is 11.1 Å². The minimum Gasteiger partial charge on any atom is -0.397 e. The van der Waals surface area contributed by atoms with Gasteiger partial charge < -0.3 is 11.1 Å². The maximum atomic E-state index is 13.0. The number of hydrogen-bond donors (Lipinski definition) is 2. The highest BCUT2D eigenvalue weighted by molar-refractivity contribution is 5.69. The summed E-state index contributed by atoms with van der Waals surface area (Å²) >= 11 is 0. The number of benzene rings is 2. The third-order valence-corrected chi connectivity index (χ3v) is 3.26. The summed E-state index contributed by atoms with van der Waals surface area (Å²) in [5, 5.41) is 13.8. The molecular formula is C15H16FN3O2. The molecule has 0 fully saturated rings. The zero-order chi connectivity index (χ0) is 15.4. The summed E-state index contributed by atoms with van der Waals surface area (Å²) in [6, 6.07) is 9.00. The summed E-state index contributed by atoms with van der Waals surface area (Å²) < 4.78 is 13.0. The summed E-state index contributed by atoms with van der Waals surface area (Å²) in [6.45, 7) is 2.47. The van der Waals surface area contributed by atoms with Crippen molar-refractivity contribution in [2.45, 2.75) is 13.3 Å². The fourth-order valence-electron chi connectivity index (χ4n) is 2.10. The predicted molar refractivity (Wildman–Crippen MR) is 80.8 cm³/mol. The first-order chi connectivity index (χ1) is 9.97. The van der Waals surface area contributed by atoms with Gasteiger partial charge in [-0.15, -0.1) is 0 Å². The Morgan fingerprint density at radius 1 is 1.29 bits per heavy atom. The Bertz CT molecular complexity index is 674. The molecule has 5 nitrogen and oxygen atoms in total. The molecule has 3 N–H and O–H groups in total. The summed E-state index contributed by atoms with van der Waals surface area (Å²) in [6.07, 6.45) is 0.711. The van der Waals surface area contributed by atoms with Crippen LogP contribution in [0.5, 0.6) is 0 Å². The lowest BCUT2D eigenvalue weighted by molar-refractivity contribution is -0.384. The lowest BCUT2D eigenvalue weighted by Crippen LogP contribution is -2.08. The van der Waals surface area contributed by atoms with Gasteiger partial charge in [-0.25, -0.2) is 4.39 Å². The third kappa shape index (κ3) is 3.68. The van der Waals surface area contributed by atoms with E-state index in [0.717, 1.165) is 11.1 Å². The number of rotatable bonds is 5. The van der Waals surface area contributed by atoms with Crippen LogP contribution in [0, 0.1) is 22.9 Å². The number of nitrogens with two attached hydrogens (primary N) is 1. The monoisotopic (exact) mass is 289 g/mol. The SMILES string of the molecule is Cc1cc(F)ccc1CCNc1ccc([N+](=O)[O-])cc1N. The molecule has 0 amide bonds. The molecular weight excluding hydrogens is 273 g/mol. The lowest BCUT2D eigenvalue weighted by Gasteiger charge is -2.10. The Balaban J connectivity index is 1.99. The van der Waals surface area contributed by atoms with E-state index in [0.29, 0.717) is 24.3 Å². The maximum absolute atomic E-state index is 13.0. The van der Waals surface area contributed by atoms with Crippen LogP contribution in [-0.4, -0.2) is 11.5 Å².